The number of likely N-dealkylation sites (N-methyl/N-ethyl adjacent to an activating group) is 1. The van der Waals surface area contributed by atoms with Crippen LogP contribution in [0.4, 0.5) is 0 Å². The number of hydrogen-bond donors (Lipinski definition) is 7. The van der Waals surface area contributed by atoms with E-state index in [9.17, 15) is 19.2 Å². The summed E-state index contributed by atoms with van der Waals surface area (Å²) in [6.07, 6.45) is 1.96. The highest BCUT2D eigenvalue weighted by Gasteiger charge is 2.31. The van der Waals surface area contributed by atoms with Crippen molar-refractivity contribution in [2.24, 2.45) is 34.0 Å². The van der Waals surface area contributed by atoms with Crippen molar-refractivity contribution in [3.05, 3.63) is 35.9 Å². The van der Waals surface area contributed by atoms with Crippen LogP contribution in [0.25, 0.3) is 0 Å². The fourth-order valence-corrected chi connectivity index (χ4v) is 4.21. The first-order chi connectivity index (χ1) is 18.8. The first kappa shape index (κ1) is 34.4. The Balaban J connectivity index is 2.98. The van der Waals surface area contributed by atoms with Crippen LogP contribution in [0.5, 0.6) is 0 Å². The molecule has 0 radical (unpaired) electrons. The van der Waals surface area contributed by atoms with Crippen molar-refractivity contribution in [1.82, 2.24) is 21.3 Å². The van der Waals surface area contributed by atoms with E-state index >= 15 is 0 Å². The summed E-state index contributed by atoms with van der Waals surface area (Å²) in [5.41, 5.74) is 17.1. The number of hydrogen-bond acceptors (Lipinski definition) is 6. The Morgan fingerprint density at radius 1 is 0.750 bits per heavy atom. The lowest BCUT2D eigenvalue weighted by Crippen LogP contribution is -2.58. The van der Waals surface area contributed by atoms with Gasteiger partial charge in [-0.3, -0.25) is 24.2 Å². The molecule has 0 saturated heterocycles. The first-order valence-corrected chi connectivity index (χ1v) is 13.8. The topological polar surface area (TPSA) is 207 Å². The molecular formula is C28H48N8O4. The number of nitrogens with two attached hydrogens (primary N) is 3. The number of carbonyl (C=O) groups is 4. The summed E-state index contributed by atoms with van der Waals surface area (Å²) >= 11 is 0. The van der Waals surface area contributed by atoms with Crippen LogP contribution in [0, 0.1) is 11.8 Å². The summed E-state index contributed by atoms with van der Waals surface area (Å²) in [7, 11) is 1.66. The van der Waals surface area contributed by atoms with Gasteiger partial charge in [0, 0.05) is 13.0 Å². The zero-order valence-corrected chi connectivity index (χ0v) is 24.4. The average Bonchev–Trinajstić information content (AvgIpc) is 2.87. The molecule has 0 aliphatic rings. The van der Waals surface area contributed by atoms with Gasteiger partial charge in [0.2, 0.25) is 23.6 Å². The highest BCUT2D eigenvalue weighted by molar-refractivity contribution is 5.94. The molecule has 1 unspecified atom stereocenters. The Kier molecular flexibility index (Phi) is 15.3. The number of carbonyl (C=O) groups excluding carboxylic acids is 4. The molecule has 0 heterocycles. The molecule has 0 aromatic heterocycles. The minimum absolute atomic E-state index is 0.0127. The summed E-state index contributed by atoms with van der Waals surface area (Å²) in [5, 5.41) is 11.3. The number of amides is 4. The van der Waals surface area contributed by atoms with Crippen molar-refractivity contribution in [3.63, 3.8) is 0 Å². The fourth-order valence-electron chi connectivity index (χ4n) is 4.21. The second-order valence-corrected chi connectivity index (χ2v) is 10.8. The maximum absolute atomic E-state index is 13.4. The molecular weight excluding hydrogens is 512 g/mol. The highest BCUT2D eigenvalue weighted by atomic mass is 16.2. The molecule has 0 fully saturated rings. The van der Waals surface area contributed by atoms with E-state index in [-0.39, 0.29) is 30.1 Å². The molecule has 224 valence electrons. The molecule has 0 aliphatic heterocycles. The summed E-state index contributed by atoms with van der Waals surface area (Å²) in [6, 6.07) is 5.93. The SMILES string of the molecule is CN[C@@H](CCCN=C(N)N)C(=O)NC(CC(C)C)C(=O)N[C@@H](CC(C)C)C(=O)N[C@@H](Cc1ccccc1)C(N)=O. The van der Waals surface area contributed by atoms with Gasteiger partial charge in [0.05, 0.1) is 6.04 Å². The zero-order valence-electron chi connectivity index (χ0n) is 24.4. The van der Waals surface area contributed by atoms with E-state index < -0.39 is 41.9 Å². The molecule has 10 N–H and O–H groups in total. The second-order valence-electron chi connectivity index (χ2n) is 10.8. The Morgan fingerprint density at radius 3 is 1.65 bits per heavy atom. The lowest BCUT2D eigenvalue weighted by molar-refractivity contribution is -0.134. The third kappa shape index (κ3) is 13.4. The van der Waals surface area contributed by atoms with Gasteiger partial charge in [-0.15, -0.1) is 0 Å². The van der Waals surface area contributed by atoms with Gasteiger partial charge in [-0.1, -0.05) is 58.0 Å². The predicted octanol–water partition coefficient (Wildman–Crippen LogP) is -0.0974. The quantitative estimate of drug-likeness (QED) is 0.0736. The number of benzene rings is 1. The van der Waals surface area contributed by atoms with E-state index in [1.165, 1.54) is 0 Å². The van der Waals surface area contributed by atoms with Crippen molar-refractivity contribution in [1.29, 1.82) is 0 Å². The smallest absolute Gasteiger partial charge is 0.243 e. The summed E-state index contributed by atoms with van der Waals surface area (Å²) in [6.45, 7) is 8.11. The van der Waals surface area contributed by atoms with E-state index in [2.05, 4.69) is 26.3 Å². The molecule has 12 nitrogen and oxygen atoms in total. The minimum atomic E-state index is -0.942. The molecule has 12 heteroatoms. The largest absolute Gasteiger partial charge is 0.370 e. The molecule has 0 bridgehead atoms. The Labute approximate surface area is 237 Å². The van der Waals surface area contributed by atoms with Crippen LogP contribution in [0.1, 0.15) is 58.9 Å². The number of guanidine groups is 1. The van der Waals surface area contributed by atoms with Crippen molar-refractivity contribution in [2.75, 3.05) is 13.6 Å². The van der Waals surface area contributed by atoms with Crippen molar-refractivity contribution in [2.45, 2.75) is 84.0 Å². The van der Waals surface area contributed by atoms with Gasteiger partial charge in [0.15, 0.2) is 5.96 Å². The minimum Gasteiger partial charge on any atom is -0.370 e. The number of nitrogens with zero attached hydrogens (tertiary/aromatic N) is 1. The van der Waals surface area contributed by atoms with Gasteiger partial charge in [0.1, 0.15) is 18.1 Å². The Bertz CT molecular complexity index is 980. The lowest BCUT2D eigenvalue weighted by atomic mass is 9.99. The van der Waals surface area contributed by atoms with E-state index in [1.54, 1.807) is 7.05 Å². The van der Waals surface area contributed by atoms with Crippen molar-refractivity contribution in [3.8, 4) is 0 Å². The van der Waals surface area contributed by atoms with Crippen LogP contribution in [0.3, 0.4) is 0 Å². The number of primary amides is 1. The normalized spacial score (nSPS) is 14.1. The van der Waals surface area contributed by atoms with Gasteiger partial charge in [-0.2, -0.15) is 0 Å². The standard InChI is InChI=1S/C28H48N8O4/c1-17(2)14-22(26(39)34-21(24(29)37)16-19-10-7-6-8-11-19)36-27(40)23(15-18(3)4)35-25(38)20(32-5)12-9-13-33-28(30)31/h6-8,10-11,17-18,20-23,32H,9,12-16H2,1-5H3,(H2,29,37)(H,34,39)(H,35,38)(H,36,40)(H4,30,31,33)/t20-,21-,22-,23?/m0/s1. The summed E-state index contributed by atoms with van der Waals surface area (Å²) in [5.74, 6) is -1.85. The van der Waals surface area contributed by atoms with Crippen LogP contribution in [0.2, 0.25) is 0 Å². The van der Waals surface area contributed by atoms with Crippen LogP contribution in [0.15, 0.2) is 35.3 Å². The van der Waals surface area contributed by atoms with Crippen LogP contribution < -0.4 is 38.5 Å². The molecule has 0 saturated carbocycles. The lowest BCUT2D eigenvalue weighted by Gasteiger charge is -2.27. The van der Waals surface area contributed by atoms with Crippen LogP contribution in [-0.4, -0.2) is 67.3 Å². The average molecular weight is 561 g/mol. The van der Waals surface area contributed by atoms with Crippen LogP contribution >= 0.6 is 0 Å². The fraction of sp³-hybridized carbons (Fsp3) is 0.607. The van der Waals surface area contributed by atoms with Gasteiger partial charge in [-0.05, 0) is 50.1 Å². The maximum Gasteiger partial charge on any atom is 0.243 e. The molecule has 4 amide bonds. The maximum atomic E-state index is 13.4. The van der Waals surface area contributed by atoms with E-state index in [4.69, 9.17) is 17.2 Å². The predicted molar refractivity (Wildman–Crippen MR) is 157 cm³/mol. The molecule has 40 heavy (non-hydrogen) atoms. The monoisotopic (exact) mass is 560 g/mol. The molecule has 1 aromatic rings. The molecule has 0 spiro atoms. The van der Waals surface area contributed by atoms with Crippen LogP contribution in [-0.2, 0) is 25.6 Å². The molecule has 1 rings (SSSR count). The first-order valence-electron chi connectivity index (χ1n) is 13.8. The van der Waals surface area contributed by atoms with Gasteiger partial charge in [-0.25, -0.2) is 0 Å². The van der Waals surface area contributed by atoms with Gasteiger partial charge < -0.3 is 38.5 Å². The van der Waals surface area contributed by atoms with E-state index in [0.29, 0.717) is 32.2 Å². The summed E-state index contributed by atoms with van der Waals surface area (Å²) < 4.78 is 0. The summed E-state index contributed by atoms with van der Waals surface area (Å²) in [4.78, 5) is 55.8. The van der Waals surface area contributed by atoms with Gasteiger partial charge in [0.25, 0.3) is 0 Å². The molecule has 4 atom stereocenters. The van der Waals surface area contributed by atoms with E-state index in [1.807, 2.05) is 58.0 Å². The molecule has 1 aromatic carbocycles. The van der Waals surface area contributed by atoms with E-state index in [0.717, 1.165) is 5.56 Å². The Hall–Kier alpha value is -3.67. The van der Waals surface area contributed by atoms with Gasteiger partial charge >= 0.3 is 0 Å². The van der Waals surface area contributed by atoms with Crippen molar-refractivity contribution < 1.29 is 19.2 Å². The number of nitrogens with one attached hydrogen (secondary N) is 4. The second kappa shape index (κ2) is 17.8. The van der Waals surface area contributed by atoms with Crippen molar-refractivity contribution >= 4 is 29.6 Å². The zero-order chi connectivity index (χ0) is 30.2. The Morgan fingerprint density at radius 2 is 1.23 bits per heavy atom. The molecule has 0 aliphatic carbocycles. The number of rotatable bonds is 18. The third-order valence-electron chi connectivity index (χ3n) is 6.23. The highest BCUT2D eigenvalue weighted by Crippen LogP contribution is 2.11. The third-order valence-corrected chi connectivity index (χ3v) is 6.23. The number of aliphatic imine (C=N–C) groups is 1.